The number of rotatable bonds is 12. The topological polar surface area (TPSA) is 58.6 Å². The summed E-state index contributed by atoms with van der Waals surface area (Å²) in [6.45, 7) is 6.21. The van der Waals surface area contributed by atoms with E-state index in [0.29, 0.717) is 29.3 Å². The average Bonchev–Trinajstić information content (AvgIpc) is 2.89. The van der Waals surface area contributed by atoms with Crippen LogP contribution in [0.2, 0.25) is 5.02 Å². The number of hydrogen-bond acceptors (Lipinski definition) is 3. The van der Waals surface area contributed by atoms with Crippen LogP contribution in [0.3, 0.4) is 0 Å². The summed E-state index contributed by atoms with van der Waals surface area (Å²) in [6.07, 6.45) is 2.12. The van der Waals surface area contributed by atoms with Crippen molar-refractivity contribution in [1.82, 2.24) is 10.2 Å². The molecule has 0 heterocycles. The summed E-state index contributed by atoms with van der Waals surface area (Å²) in [7, 11) is 0. The lowest BCUT2D eigenvalue weighted by Gasteiger charge is -2.31. The second kappa shape index (κ2) is 13.8. The summed E-state index contributed by atoms with van der Waals surface area (Å²) < 4.78 is 19.4. The third-order valence-electron chi connectivity index (χ3n) is 6.14. The Morgan fingerprint density at radius 2 is 1.65 bits per heavy atom. The highest BCUT2D eigenvalue weighted by molar-refractivity contribution is 6.32. The fraction of sp³-hybridized carbons (Fsp3) is 0.333. The van der Waals surface area contributed by atoms with Crippen molar-refractivity contribution in [1.29, 1.82) is 0 Å². The maximum atomic E-state index is 13.6. The second-order valence-electron chi connectivity index (χ2n) is 9.16. The van der Waals surface area contributed by atoms with Crippen LogP contribution in [0.15, 0.2) is 66.7 Å². The maximum absolute atomic E-state index is 13.6. The van der Waals surface area contributed by atoms with Gasteiger partial charge >= 0.3 is 0 Å². The number of ether oxygens (including phenoxy) is 1. The molecule has 0 fully saturated rings. The van der Waals surface area contributed by atoms with E-state index in [2.05, 4.69) is 12.2 Å². The maximum Gasteiger partial charge on any atom is 0.261 e. The monoisotopic (exact) mass is 524 g/mol. The Labute approximate surface area is 223 Å². The first-order chi connectivity index (χ1) is 17.8. The lowest BCUT2D eigenvalue weighted by molar-refractivity contribution is -0.142. The van der Waals surface area contributed by atoms with Gasteiger partial charge in [-0.1, -0.05) is 67.4 Å². The smallest absolute Gasteiger partial charge is 0.261 e. The zero-order valence-corrected chi connectivity index (χ0v) is 22.4. The first-order valence-electron chi connectivity index (χ1n) is 12.5. The van der Waals surface area contributed by atoms with Gasteiger partial charge in [-0.3, -0.25) is 9.59 Å². The molecule has 7 heteroatoms. The number of unbranched alkanes of at least 4 members (excludes halogenated alkanes) is 1. The molecule has 0 bridgehead atoms. The van der Waals surface area contributed by atoms with Crippen LogP contribution in [-0.4, -0.2) is 35.9 Å². The van der Waals surface area contributed by atoms with E-state index in [4.69, 9.17) is 16.3 Å². The van der Waals surface area contributed by atoms with Gasteiger partial charge in [-0.2, -0.15) is 0 Å². The van der Waals surface area contributed by atoms with Gasteiger partial charge in [0.15, 0.2) is 6.61 Å². The van der Waals surface area contributed by atoms with E-state index in [1.165, 1.54) is 17.0 Å². The Hall–Kier alpha value is -3.38. The van der Waals surface area contributed by atoms with E-state index in [9.17, 15) is 14.0 Å². The summed E-state index contributed by atoms with van der Waals surface area (Å²) in [6, 6.07) is 18.3. The van der Waals surface area contributed by atoms with Gasteiger partial charge in [-0.15, -0.1) is 0 Å². The van der Waals surface area contributed by atoms with Crippen LogP contribution in [0, 0.1) is 19.7 Å². The molecule has 3 aromatic rings. The summed E-state index contributed by atoms with van der Waals surface area (Å²) >= 11 is 6.27. The fourth-order valence-corrected chi connectivity index (χ4v) is 4.17. The van der Waals surface area contributed by atoms with Crippen LogP contribution in [-0.2, 0) is 22.6 Å². The minimum Gasteiger partial charge on any atom is -0.484 e. The van der Waals surface area contributed by atoms with Gasteiger partial charge in [0.05, 0.1) is 0 Å². The van der Waals surface area contributed by atoms with Crippen LogP contribution >= 0.6 is 11.6 Å². The molecule has 1 atom stereocenters. The van der Waals surface area contributed by atoms with Crippen LogP contribution in [0.1, 0.15) is 42.0 Å². The van der Waals surface area contributed by atoms with Gasteiger partial charge in [0.2, 0.25) is 5.91 Å². The van der Waals surface area contributed by atoms with Gasteiger partial charge in [-0.05, 0) is 66.8 Å². The molecule has 0 aliphatic heterocycles. The predicted molar refractivity (Wildman–Crippen MR) is 145 cm³/mol. The van der Waals surface area contributed by atoms with Crippen molar-refractivity contribution in [2.75, 3.05) is 13.2 Å². The van der Waals surface area contributed by atoms with E-state index in [1.807, 2.05) is 44.2 Å². The number of carbonyl (C=O) groups excluding carboxylic acids is 2. The lowest BCUT2D eigenvalue weighted by Crippen LogP contribution is -2.51. The summed E-state index contributed by atoms with van der Waals surface area (Å²) in [5.41, 5.74) is 3.35. The molecule has 0 spiro atoms. The quantitative estimate of drug-likeness (QED) is 0.294. The first kappa shape index (κ1) is 28.2. The number of benzene rings is 3. The molecule has 0 radical (unpaired) electrons. The molecule has 37 heavy (non-hydrogen) atoms. The molecule has 0 saturated heterocycles. The van der Waals surface area contributed by atoms with Gasteiger partial charge in [0, 0.05) is 24.5 Å². The van der Waals surface area contributed by atoms with Crippen LogP contribution in [0.25, 0.3) is 0 Å². The number of hydrogen-bond donors (Lipinski definition) is 1. The molecular weight excluding hydrogens is 491 g/mol. The SMILES string of the molecule is CCCCNC(=O)[C@H](Cc1ccccc1)N(Cc1ccc(F)cc1)C(=O)COc1cc(C)c(Cl)c(C)c1. The van der Waals surface area contributed by atoms with E-state index in [0.717, 1.165) is 29.5 Å². The average molecular weight is 525 g/mol. The van der Waals surface area contributed by atoms with Crippen molar-refractivity contribution in [2.24, 2.45) is 0 Å². The fourth-order valence-electron chi connectivity index (χ4n) is 4.06. The van der Waals surface area contributed by atoms with Crippen molar-refractivity contribution in [3.63, 3.8) is 0 Å². The molecule has 1 N–H and O–H groups in total. The Bertz CT molecular complexity index is 1160. The van der Waals surface area contributed by atoms with E-state index < -0.39 is 6.04 Å². The minimum absolute atomic E-state index is 0.139. The summed E-state index contributed by atoms with van der Waals surface area (Å²) in [5.74, 6) is -0.412. The Kier molecular flexibility index (Phi) is 10.5. The molecule has 3 aromatic carbocycles. The van der Waals surface area contributed by atoms with Crippen LogP contribution in [0.4, 0.5) is 4.39 Å². The largest absolute Gasteiger partial charge is 0.484 e. The summed E-state index contributed by atoms with van der Waals surface area (Å²) in [4.78, 5) is 28.5. The van der Waals surface area contributed by atoms with Crippen LogP contribution < -0.4 is 10.1 Å². The van der Waals surface area contributed by atoms with Crippen molar-refractivity contribution >= 4 is 23.4 Å². The molecule has 5 nitrogen and oxygen atoms in total. The number of carbonyl (C=O) groups is 2. The summed E-state index contributed by atoms with van der Waals surface area (Å²) in [5, 5.41) is 3.64. The van der Waals surface area contributed by atoms with Crippen molar-refractivity contribution < 1.29 is 18.7 Å². The third kappa shape index (κ3) is 8.32. The molecule has 2 amide bonds. The highest BCUT2D eigenvalue weighted by Crippen LogP contribution is 2.26. The van der Waals surface area contributed by atoms with Crippen LogP contribution in [0.5, 0.6) is 5.75 Å². The Morgan fingerprint density at radius 1 is 1.00 bits per heavy atom. The minimum atomic E-state index is -0.769. The Balaban J connectivity index is 1.89. The van der Waals surface area contributed by atoms with E-state index >= 15 is 0 Å². The molecule has 3 rings (SSSR count). The molecule has 0 aliphatic rings. The van der Waals surface area contributed by atoms with Crippen molar-refractivity contribution in [2.45, 2.75) is 52.6 Å². The third-order valence-corrected chi connectivity index (χ3v) is 6.74. The molecule has 0 saturated carbocycles. The molecule has 0 aliphatic carbocycles. The second-order valence-corrected chi connectivity index (χ2v) is 9.54. The van der Waals surface area contributed by atoms with Gasteiger partial charge < -0.3 is 15.0 Å². The zero-order chi connectivity index (χ0) is 26.8. The highest BCUT2D eigenvalue weighted by Gasteiger charge is 2.30. The van der Waals surface area contributed by atoms with Gasteiger partial charge in [0.25, 0.3) is 5.91 Å². The zero-order valence-electron chi connectivity index (χ0n) is 21.6. The standard InChI is InChI=1S/C30H34ClFN2O3/c1-4-5-15-33-30(36)27(18-23-9-7-6-8-10-23)34(19-24-11-13-25(32)14-12-24)28(35)20-37-26-16-21(2)29(31)22(3)17-26/h6-14,16-17,27H,4-5,15,18-20H2,1-3H3,(H,33,36)/t27-/m0/s1. The van der Waals surface area contributed by atoms with Crippen molar-refractivity contribution in [3.8, 4) is 5.75 Å². The molecule has 0 aromatic heterocycles. The number of nitrogens with one attached hydrogen (secondary N) is 1. The van der Waals surface area contributed by atoms with Gasteiger partial charge in [-0.25, -0.2) is 4.39 Å². The number of nitrogens with zero attached hydrogens (tertiary/aromatic N) is 1. The van der Waals surface area contributed by atoms with Crippen molar-refractivity contribution in [3.05, 3.63) is 99.8 Å². The predicted octanol–water partition coefficient (Wildman–Crippen LogP) is 6.03. The number of halogens is 2. The number of aryl methyl sites for hydroxylation is 2. The molecule has 0 unspecified atom stereocenters. The Morgan fingerprint density at radius 3 is 2.27 bits per heavy atom. The highest BCUT2D eigenvalue weighted by atomic mass is 35.5. The normalized spacial score (nSPS) is 11.6. The first-order valence-corrected chi connectivity index (χ1v) is 12.9. The lowest BCUT2D eigenvalue weighted by atomic mass is 10.0. The van der Waals surface area contributed by atoms with E-state index in [1.54, 1.807) is 24.3 Å². The molecular formula is C30H34ClFN2O3. The number of amides is 2. The van der Waals surface area contributed by atoms with E-state index in [-0.39, 0.29) is 30.8 Å². The molecule has 196 valence electrons. The van der Waals surface area contributed by atoms with Gasteiger partial charge in [0.1, 0.15) is 17.6 Å².